The van der Waals surface area contributed by atoms with Crippen LogP contribution in [0.25, 0.3) is 0 Å². The predicted molar refractivity (Wildman–Crippen MR) is 77.9 cm³/mol. The molecule has 1 aromatic rings. The van der Waals surface area contributed by atoms with Gasteiger partial charge in [0.1, 0.15) is 0 Å². The number of amides is 1. The number of aliphatic carboxylic acids is 1. The Morgan fingerprint density at radius 3 is 2.40 bits per heavy atom. The van der Waals surface area contributed by atoms with Gasteiger partial charge in [0.05, 0.1) is 5.92 Å². The predicted octanol–water partition coefficient (Wildman–Crippen LogP) is 3.48. The molecule has 1 fully saturated rings. The first-order valence-corrected chi connectivity index (χ1v) is 7.15. The van der Waals surface area contributed by atoms with Crippen LogP contribution in [-0.4, -0.2) is 17.0 Å². The van der Waals surface area contributed by atoms with E-state index in [1.165, 1.54) is 0 Å². The van der Waals surface area contributed by atoms with Gasteiger partial charge >= 0.3 is 5.97 Å². The molecule has 0 spiro atoms. The van der Waals surface area contributed by atoms with E-state index < -0.39 is 5.97 Å². The summed E-state index contributed by atoms with van der Waals surface area (Å²) < 4.78 is 0. The molecule has 0 unspecified atom stereocenters. The Bertz CT molecular complexity index is 522. The number of hydrogen-bond donors (Lipinski definition) is 2. The molecule has 1 saturated carbocycles. The fourth-order valence-electron chi connectivity index (χ4n) is 2.57. The van der Waals surface area contributed by atoms with Gasteiger partial charge in [-0.1, -0.05) is 17.7 Å². The maximum Gasteiger partial charge on any atom is 0.306 e. The summed E-state index contributed by atoms with van der Waals surface area (Å²) in [6, 6.07) is 5.38. The summed E-state index contributed by atoms with van der Waals surface area (Å²) in [5, 5.41) is 12.4. The second-order valence-electron chi connectivity index (χ2n) is 5.34. The van der Waals surface area contributed by atoms with Gasteiger partial charge in [-0.3, -0.25) is 9.59 Å². The van der Waals surface area contributed by atoms with Crippen LogP contribution >= 0.6 is 11.6 Å². The number of halogens is 1. The van der Waals surface area contributed by atoms with Crippen molar-refractivity contribution in [2.24, 2.45) is 11.8 Å². The fraction of sp³-hybridized carbons (Fsp3) is 0.467. The minimum atomic E-state index is -0.755. The average Bonchev–Trinajstić information content (AvgIpc) is 2.43. The second kappa shape index (κ2) is 6.27. The van der Waals surface area contributed by atoms with E-state index in [1.54, 1.807) is 12.1 Å². The van der Waals surface area contributed by atoms with E-state index in [0.717, 1.165) is 11.3 Å². The minimum absolute atomic E-state index is 0.0424. The number of carboxylic acid groups (broad SMARTS) is 1. The van der Waals surface area contributed by atoms with Crippen LogP contribution in [0.5, 0.6) is 0 Å². The maximum atomic E-state index is 12.2. The van der Waals surface area contributed by atoms with Crippen LogP contribution in [0.3, 0.4) is 0 Å². The molecule has 1 aromatic carbocycles. The molecule has 1 aliphatic carbocycles. The third-order valence-corrected chi connectivity index (χ3v) is 4.14. The number of aryl methyl sites for hydroxylation is 1. The molecule has 1 aliphatic rings. The van der Waals surface area contributed by atoms with E-state index in [-0.39, 0.29) is 17.7 Å². The summed E-state index contributed by atoms with van der Waals surface area (Å²) in [7, 11) is 0. The van der Waals surface area contributed by atoms with Crippen molar-refractivity contribution in [2.45, 2.75) is 32.6 Å². The van der Waals surface area contributed by atoms with Crippen LogP contribution < -0.4 is 5.32 Å². The van der Waals surface area contributed by atoms with E-state index in [9.17, 15) is 9.59 Å². The van der Waals surface area contributed by atoms with E-state index in [0.29, 0.717) is 30.7 Å². The van der Waals surface area contributed by atoms with Crippen molar-refractivity contribution in [1.82, 2.24) is 0 Å². The normalized spacial score (nSPS) is 22.3. The van der Waals surface area contributed by atoms with Gasteiger partial charge in [-0.05, 0) is 50.3 Å². The molecule has 4 nitrogen and oxygen atoms in total. The number of rotatable bonds is 3. The highest BCUT2D eigenvalue weighted by Gasteiger charge is 2.29. The van der Waals surface area contributed by atoms with Crippen LogP contribution in [-0.2, 0) is 9.59 Å². The van der Waals surface area contributed by atoms with E-state index in [2.05, 4.69) is 5.32 Å². The van der Waals surface area contributed by atoms with Crippen LogP contribution in [0, 0.1) is 18.8 Å². The van der Waals surface area contributed by atoms with E-state index >= 15 is 0 Å². The first-order chi connectivity index (χ1) is 9.47. The lowest BCUT2D eigenvalue weighted by atomic mass is 9.81. The molecule has 1 amide bonds. The van der Waals surface area contributed by atoms with Crippen molar-refractivity contribution in [3.05, 3.63) is 28.8 Å². The first kappa shape index (κ1) is 14.9. The highest BCUT2D eigenvalue weighted by atomic mass is 35.5. The van der Waals surface area contributed by atoms with Gasteiger partial charge in [-0.25, -0.2) is 0 Å². The quantitative estimate of drug-likeness (QED) is 0.897. The molecule has 108 valence electrons. The summed E-state index contributed by atoms with van der Waals surface area (Å²) >= 11 is 5.92. The monoisotopic (exact) mass is 295 g/mol. The molecule has 2 rings (SSSR count). The van der Waals surface area contributed by atoms with Gasteiger partial charge in [0.15, 0.2) is 0 Å². The second-order valence-corrected chi connectivity index (χ2v) is 5.77. The Hall–Kier alpha value is -1.55. The zero-order chi connectivity index (χ0) is 14.7. The molecule has 5 heteroatoms. The fourth-order valence-corrected chi connectivity index (χ4v) is 2.74. The third kappa shape index (κ3) is 3.51. The average molecular weight is 296 g/mol. The van der Waals surface area contributed by atoms with Crippen LogP contribution in [0.2, 0.25) is 5.02 Å². The Kier molecular flexibility index (Phi) is 4.65. The first-order valence-electron chi connectivity index (χ1n) is 6.77. The van der Waals surface area contributed by atoms with Crippen LogP contribution in [0.1, 0.15) is 31.2 Å². The Labute approximate surface area is 123 Å². The lowest BCUT2D eigenvalue weighted by molar-refractivity contribution is -0.143. The maximum absolute atomic E-state index is 12.2. The van der Waals surface area contributed by atoms with Gasteiger partial charge in [-0.15, -0.1) is 0 Å². The lowest BCUT2D eigenvalue weighted by Crippen LogP contribution is -2.29. The number of carbonyl (C=O) groups is 2. The highest BCUT2D eigenvalue weighted by molar-refractivity contribution is 6.31. The molecule has 0 aliphatic heterocycles. The zero-order valence-electron chi connectivity index (χ0n) is 11.4. The standard InChI is InChI=1S/C15H18ClNO3/c1-9-2-7-12(16)8-13(9)17-14(18)10-3-5-11(6-4-10)15(19)20/h2,7-8,10-11H,3-6H2,1H3,(H,17,18)(H,19,20). The highest BCUT2D eigenvalue weighted by Crippen LogP contribution is 2.30. The third-order valence-electron chi connectivity index (χ3n) is 3.90. The topological polar surface area (TPSA) is 66.4 Å². The Morgan fingerprint density at radius 1 is 1.20 bits per heavy atom. The molecule has 0 radical (unpaired) electrons. The van der Waals surface area contributed by atoms with Gasteiger partial charge in [0, 0.05) is 16.6 Å². The van der Waals surface area contributed by atoms with E-state index in [4.69, 9.17) is 16.7 Å². The number of carboxylic acids is 1. The summed E-state index contributed by atoms with van der Waals surface area (Å²) in [4.78, 5) is 23.1. The molecular weight excluding hydrogens is 278 g/mol. The molecule has 0 saturated heterocycles. The Morgan fingerprint density at radius 2 is 1.80 bits per heavy atom. The van der Waals surface area contributed by atoms with Crippen LogP contribution in [0.4, 0.5) is 5.69 Å². The van der Waals surface area contributed by atoms with Crippen molar-refractivity contribution >= 4 is 29.2 Å². The summed E-state index contributed by atoms with van der Waals surface area (Å²) in [5.41, 5.74) is 1.69. The number of carbonyl (C=O) groups excluding carboxylic acids is 1. The van der Waals surface area contributed by atoms with Crippen LogP contribution in [0.15, 0.2) is 18.2 Å². The smallest absolute Gasteiger partial charge is 0.306 e. The van der Waals surface area contributed by atoms with Crippen molar-refractivity contribution < 1.29 is 14.7 Å². The van der Waals surface area contributed by atoms with Crippen molar-refractivity contribution in [2.75, 3.05) is 5.32 Å². The molecule has 0 atom stereocenters. The molecule has 0 heterocycles. The van der Waals surface area contributed by atoms with Crippen molar-refractivity contribution in [1.29, 1.82) is 0 Å². The summed E-state index contributed by atoms with van der Waals surface area (Å²) in [6.45, 7) is 1.91. The number of benzene rings is 1. The lowest BCUT2D eigenvalue weighted by Gasteiger charge is -2.25. The molecular formula is C15H18ClNO3. The zero-order valence-corrected chi connectivity index (χ0v) is 12.1. The summed E-state index contributed by atoms with van der Waals surface area (Å²) in [5.74, 6) is -1.20. The van der Waals surface area contributed by atoms with Gasteiger partial charge in [0.25, 0.3) is 0 Å². The number of anilines is 1. The number of hydrogen-bond acceptors (Lipinski definition) is 2. The molecule has 20 heavy (non-hydrogen) atoms. The van der Waals surface area contributed by atoms with Crippen molar-refractivity contribution in [3.8, 4) is 0 Å². The van der Waals surface area contributed by atoms with Crippen molar-refractivity contribution in [3.63, 3.8) is 0 Å². The Balaban J connectivity index is 1.96. The van der Waals surface area contributed by atoms with Gasteiger partial charge in [0.2, 0.25) is 5.91 Å². The van der Waals surface area contributed by atoms with E-state index in [1.807, 2.05) is 13.0 Å². The molecule has 0 aromatic heterocycles. The van der Waals surface area contributed by atoms with Gasteiger partial charge in [-0.2, -0.15) is 0 Å². The summed E-state index contributed by atoms with van der Waals surface area (Å²) in [6.07, 6.45) is 2.40. The van der Waals surface area contributed by atoms with Gasteiger partial charge < -0.3 is 10.4 Å². The molecule has 2 N–H and O–H groups in total. The largest absolute Gasteiger partial charge is 0.481 e. The minimum Gasteiger partial charge on any atom is -0.481 e. The SMILES string of the molecule is Cc1ccc(Cl)cc1NC(=O)C1CCC(C(=O)O)CC1. The number of nitrogens with one attached hydrogen (secondary N) is 1. The molecule has 0 bridgehead atoms.